The molecule has 2 aromatic rings. The lowest BCUT2D eigenvalue weighted by molar-refractivity contribution is -0.129. The van der Waals surface area contributed by atoms with Gasteiger partial charge in [-0.15, -0.1) is 0 Å². The molecule has 0 aliphatic carbocycles. The van der Waals surface area contributed by atoms with Crippen LogP contribution < -0.4 is 10.1 Å². The van der Waals surface area contributed by atoms with Gasteiger partial charge in [0.1, 0.15) is 5.75 Å². The summed E-state index contributed by atoms with van der Waals surface area (Å²) in [5.41, 5.74) is 4.59. The Morgan fingerprint density at radius 2 is 1.68 bits per heavy atom. The van der Waals surface area contributed by atoms with Gasteiger partial charge in [-0.1, -0.05) is 55.8 Å². The topological polar surface area (TPSA) is 38.3 Å². The summed E-state index contributed by atoms with van der Waals surface area (Å²) in [5.74, 6) is 0.723. The van der Waals surface area contributed by atoms with Crippen molar-refractivity contribution in [1.29, 1.82) is 0 Å². The zero-order valence-electron chi connectivity index (χ0n) is 15.9. The number of carbonyl (C=O) groups is 1. The number of ether oxygens (including phenoxy) is 1. The fourth-order valence-corrected chi connectivity index (χ4v) is 2.81. The molecule has 0 unspecified atom stereocenters. The SMILES string of the molecule is CC[C@H](Oc1cccc(C)c1C)C(=O)N[C@H](CC)c1ccc(C)cc1. The van der Waals surface area contributed by atoms with E-state index in [1.54, 1.807) is 0 Å². The van der Waals surface area contributed by atoms with E-state index in [0.717, 1.165) is 23.3 Å². The molecule has 1 N–H and O–H groups in total. The second-order valence-corrected chi connectivity index (χ2v) is 6.59. The number of carbonyl (C=O) groups excluding carboxylic acids is 1. The van der Waals surface area contributed by atoms with Gasteiger partial charge in [0.25, 0.3) is 5.91 Å². The fourth-order valence-electron chi connectivity index (χ4n) is 2.81. The van der Waals surface area contributed by atoms with Gasteiger partial charge in [-0.05, 0) is 56.4 Å². The second kappa shape index (κ2) is 8.70. The molecule has 0 aromatic heterocycles. The molecule has 0 spiro atoms. The Morgan fingerprint density at radius 3 is 2.28 bits per heavy atom. The summed E-state index contributed by atoms with van der Waals surface area (Å²) in [5, 5.41) is 3.14. The van der Waals surface area contributed by atoms with Crippen LogP contribution in [0.2, 0.25) is 0 Å². The highest BCUT2D eigenvalue weighted by atomic mass is 16.5. The van der Waals surface area contributed by atoms with Gasteiger partial charge in [-0.2, -0.15) is 0 Å². The average molecular weight is 339 g/mol. The fraction of sp³-hybridized carbons (Fsp3) is 0.409. The number of nitrogens with one attached hydrogen (secondary N) is 1. The van der Waals surface area contributed by atoms with Crippen LogP contribution in [0.25, 0.3) is 0 Å². The van der Waals surface area contributed by atoms with Crippen LogP contribution in [0.4, 0.5) is 0 Å². The highest BCUT2D eigenvalue weighted by Gasteiger charge is 2.22. The van der Waals surface area contributed by atoms with Crippen LogP contribution >= 0.6 is 0 Å². The summed E-state index contributed by atoms with van der Waals surface area (Å²) < 4.78 is 6.03. The van der Waals surface area contributed by atoms with Crippen molar-refractivity contribution in [2.24, 2.45) is 0 Å². The van der Waals surface area contributed by atoms with Crippen LogP contribution in [-0.2, 0) is 4.79 Å². The molecule has 3 heteroatoms. The summed E-state index contributed by atoms with van der Waals surface area (Å²) in [6, 6.07) is 14.3. The second-order valence-electron chi connectivity index (χ2n) is 6.59. The van der Waals surface area contributed by atoms with Crippen molar-refractivity contribution >= 4 is 5.91 Å². The Morgan fingerprint density at radius 1 is 1.00 bits per heavy atom. The van der Waals surface area contributed by atoms with Crippen LogP contribution in [0, 0.1) is 20.8 Å². The molecule has 3 nitrogen and oxygen atoms in total. The summed E-state index contributed by atoms with van der Waals surface area (Å²) in [6.45, 7) is 10.2. The molecule has 0 aliphatic rings. The Kier molecular flexibility index (Phi) is 6.63. The van der Waals surface area contributed by atoms with Crippen molar-refractivity contribution in [3.05, 3.63) is 64.7 Å². The van der Waals surface area contributed by atoms with Crippen LogP contribution in [0.5, 0.6) is 5.75 Å². The minimum Gasteiger partial charge on any atom is -0.480 e. The summed E-state index contributed by atoms with van der Waals surface area (Å²) in [4.78, 5) is 12.7. The molecule has 134 valence electrons. The molecule has 0 fully saturated rings. The molecule has 0 heterocycles. The van der Waals surface area contributed by atoms with E-state index < -0.39 is 6.10 Å². The van der Waals surface area contributed by atoms with E-state index in [1.807, 2.05) is 39.0 Å². The number of benzene rings is 2. The van der Waals surface area contributed by atoms with E-state index in [2.05, 4.69) is 43.4 Å². The first-order valence-electron chi connectivity index (χ1n) is 9.06. The maximum atomic E-state index is 12.7. The summed E-state index contributed by atoms with van der Waals surface area (Å²) in [6.07, 6.45) is 0.984. The first kappa shape index (κ1) is 19.0. The average Bonchev–Trinajstić information content (AvgIpc) is 2.61. The monoisotopic (exact) mass is 339 g/mol. The minimum atomic E-state index is -0.486. The Labute approximate surface area is 151 Å². The minimum absolute atomic E-state index is 0.00403. The normalized spacial score (nSPS) is 13.2. The molecular formula is C22H29NO2. The first-order chi connectivity index (χ1) is 12.0. The molecule has 25 heavy (non-hydrogen) atoms. The van der Waals surface area contributed by atoms with Crippen molar-refractivity contribution in [2.45, 2.75) is 59.6 Å². The molecule has 0 saturated carbocycles. The third-order valence-corrected chi connectivity index (χ3v) is 4.69. The maximum absolute atomic E-state index is 12.7. The molecule has 0 radical (unpaired) electrons. The van der Waals surface area contributed by atoms with Crippen molar-refractivity contribution in [3.8, 4) is 5.75 Å². The van der Waals surface area contributed by atoms with Crippen LogP contribution in [-0.4, -0.2) is 12.0 Å². The van der Waals surface area contributed by atoms with Gasteiger partial charge in [0.2, 0.25) is 0 Å². The molecular weight excluding hydrogens is 310 g/mol. The zero-order chi connectivity index (χ0) is 18.4. The zero-order valence-corrected chi connectivity index (χ0v) is 15.9. The van der Waals surface area contributed by atoms with E-state index >= 15 is 0 Å². The smallest absolute Gasteiger partial charge is 0.261 e. The molecule has 2 aromatic carbocycles. The Balaban J connectivity index is 2.10. The molecule has 0 bridgehead atoms. The van der Waals surface area contributed by atoms with Crippen LogP contribution in [0.1, 0.15) is 55.0 Å². The van der Waals surface area contributed by atoms with Gasteiger partial charge in [-0.3, -0.25) is 4.79 Å². The first-order valence-corrected chi connectivity index (χ1v) is 9.06. The third-order valence-electron chi connectivity index (χ3n) is 4.69. The van der Waals surface area contributed by atoms with Gasteiger partial charge < -0.3 is 10.1 Å². The number of hydrogen-bond acceptors (Lipinski definition) is 2. The standard InChI is InChI=1S/C22H29NO2/c1-6-19(18-13-11-15(3)12-14-18)23-22(24)20(7-2)25-21-10-8-9-16(4)17(21)5/h8-14,19-20H,6-7H2,1-5H3,(H,23,24)/t19-,20+/m1/s1. The van der Waals surface area contributed by atoms with E-state index in [-0.39, 0.29) is 11.9 Å². The van der Waals surface area contributed by atoms with Gasteiger partial charge >= 0.3 is 0 Å². The summed E-state index contributed by atoms with van der Waals surface area (Å²) in [7, 11) is 0. The third kappa shape index (κ3) is 4.85. The van der Waals surface area contributed by atoms with Crippen molar-refractivity contribution in [3.63, 3.8) is 0 Å². The van der Waals surface area contributed by atoms with Crippen molar-refractivity contribution in [2.75, 3.05) is 0 Å². The van der Waals surface area contributed by atoms with E-state index in [4.69, 9.17) is 4.74 Å². The lowest BCUT2D eigenvalue weighted by Crippen LogP contribution is -2.40. The predicted octanol–water partition coefficient (Wildman–Crippen LogP) is 5.04. The number of amides is 1. The predicted molar refractivity (Wildman–Crippen MR) is 103 cm³/mol. The van der Waals surface area contributed by atoms with Crippen molar-refractivity contribution < 1.29 is 9.53 Å². The van der Waals surface area contributed by atoms with Crippen LogP contribution in [0.15, 0.2) is 42.5 Å². The van der Waals surface area contributed by atoms with E-state index in [0.29, 0.717) is 6.42 Å². The quantitative estimate of drug-likeness (QED) is 0.768. The van der Waals surface area contributed by atoms with E-state index in [9.17, 15) is 4.79 Å². The molecule has 0 aliphatic heterocycles. The molecule has 0 saturated heterocycles. The van der Waals surface area contributed by atoms with Crippen molar-refractivity contribution in [1.82, 2.24) is 5.32 Å². The number of aryl methyl sites for hydroxylation is 2. The highest BCUT2D eigenvalue weighted by Crippen LogP contribution is 2.23. The van der Waals surface area contributed by atoms with Gasteiger partial charge in [0.05, 0.1) is 6.04 Å². The largest absolute Gasteiger partial charge is 0.480 e. The highest BCUT2D eigenvalue weighted by molar-refractivity contribution is 5.81. The number of rotatable bonds is 7. The number of hydrogen-bond donors (Lipinski definition) is 1. The van der Waals surface area contributed by atoms with E-state index in [1.165, 1.54) is 11.1 Å². The summed E-state index contributed by atoms with van der Waals surface area (Å²) >= 11 is 0. The van der Waals surface area contributed by atoms with Gasteiger partial charge in [0, 0.05) is 0 Å². The molecule has 1 amide bonds. The lowest BCUT2D eigenvalue weighted by atomic mass is 10.0. The van der Waals surface area contributed by atoms with Gasteiger partial charge in [0.15, 0.2) is 6.10 Å². The molecule has 2 atom stereocenters. The maximum Gasteiger partial charge on any atom is 0.261 e. The Bertz CT molecular complexity index is 706. The van der Waals surface area contributed by atoms with Crippen LogP contribution in [0.3, 0.4) is 0 Å². The lowest BCUT2D eigenvalue weighted by Gasteiger charge is -2.23. The Hall–Kier alpha value is -2.29. The molecule has 2 rings (SSSR count). The van der Waals surface area contributed by atoms with Gasteiger partial charge in [-0.25, -0.2) is 0 Å².